The van der Waals surface area contributed by atoms with E-state index in [9.17, 15) is 14.4 Å². The van der Waals surface area contributed by atoms with Crippen molar-refractivity contribution < 1.29 is 14.4 Å². The minimum atomic E-state index is -0.812. The number of urea groups is 1. The molecule has 1 aliphatic heterocycles. The second-order valence-electron chi connectivity index (χ2n) is 5.80. The SMILES string of the molecule is C=C/C=C(C=C)/C=C/C=C1/C(=O)NC(=O)N(c2cccc3cccnc23)C1=O. The lowest BCUT2D eigenvalue weighted by molar-refractivity contribution is -0.122. The van der Waals surface area contributed by atoms with Crippen molar-refractivity contribution in [2.24, 2.45) is 0 Å². The van der Waals surface area contributed by atoms with Crippen molar-refractivity contribution in [3.63, 3.8) is 0 Å². The van der Waals surface area contributed by atoms with Crippen LogP contribution in [-0.4, -0.2) is 22.8 Å². The van der Waals surface area contributed by atoms with Gasteiger partial charge < -0.3 is 0 Å². The molecule has 0 spiro atoms. The standard InChI is InChI=1S/C22H17N3O3/c1-3-8-15(4-2)9-5-12-17-20(26)24-22(28)25(21(17)27)18-13-6-10-16-11-7-14-23-19(16)18/h3-14H,1-2H2,(H,24,26,28)/b9-5+,15-8+,17-12-. The lowest BCUT2D eigenvalue weighted by atomic mass is 10.1. The number of hydrogen-bond donors (Lipinski definition) is 1. The van der Waals surface area contributed by atoms with Gasteiger partial charge in [0.25, 0.3) is 11.8 Å². The number of fused-ring (bicyclic) bond motifs is 1. The molecule has 1 fully saturated rings. The molecular weight excluding hydrogens is 354 g/mol. The van der Waals surface area contributed by atoms with Crippen molar-refractivity contribution in [3.05, 3.63) is 97.3 Å². The molecule has 1 aromatic heterocycles. The first-order valence-electron chi connectivity index (χ1n) is 8.44. The highest BCUT2D eigenvalue weighted by Crippen LogP contribution is 2.27. The van der Waals surface area contributed by atoms with Crippen LogP contribution in [-0.2, 0) is 9.59 Å². The summed E-state index contributed by atoms with van der Waals surface area (Å²) in [4.78, 5) is 42.7. The molecule has 3 rings (SSSR count). The van der Waals surface area contributed by atoms with E-state index in [1.54, 1.807) is 54.8 Å². The van der Waals surface area contributed by atoms with Gasteiger partial charge in [0, 0.05) is 11.6 Å². The third kappa shape index (κ3) is 3.57. The summed E-state index contributed by atoms with van der Waals surface area (Å²) in [6.07, 6.45) is 11.1. The summed E-state index contributed by atoms with van der Waals surface area (Å²) in [5.74, 6) is -1.47. The maximum Gasteiger partial charge on any atom is 0.336 e. The number of hydrogen-bond acceptors (Lipinski definition) is 4. The average molecular weight is 371 g/mol. The Morgan fingerprint density at radius 1 is 1.11 bits per heavy atom. The van der Waals surface area contributed by atoms with Crippen molar-refractivity contribution >= 4 is 34.4 Å². The Balaban J connectivity index is 2.02. The molecule has 2 aromatic rings. The number of carbonyl (C=O) groups excluding carboxylic acids is 3. The van der Waals surface area contributed by atoms with Gasteiger partial charge in [0.05, 0.1) is 11.2 Å². The Labute approximate surface area is 161 Å². The Kier molecular flexibility index (Phi) is 5.41. The van der Waals surface area contributed by atoms with Gasteiger partial charge in [-0.3, -0.25) is 19.9 Å². The van der Waals surface area contributed by atoms with Crippen molar-refractivity contribution in [3.8, 4) is 0 Å². The summed E-state index contributed by atoms with van der Waals surface area (Å²) in [7, 11) is 0. The van der Waals surface area contributed by atoms with E-state index >= 15 is 0 Å². The number of nitrogens with zero attached hydrogens (tertiary/aromatic N) is 2. The first-order valence-corrected chi connectivity index (χ1v) is 8.44. The zero-order valence-electron chi connectivity index (χ0n) is 15.0. The van der Waals surface area contributed by atoms with Crippen LogP contribution in [0.25, 0.3) is 10.9 Å². The fourth-order valence-corrected chi connectivity index (χ4v) is 2.75. The zero-order chi connectivity index (χ0) is 20.1. The first-order chi connectivity index (χ1) is 13.6. The predicted molar refractivity (Wildman–Crippen MR) is 108 cm³/mol. The topological polar surface area (TPSA) is 79.4 Å². The smallest absolute Gasteiger partial charge is 0.273 e. The highest BCUT2D eigenvalue weighted by Gasteiger charge is 2.37. The van der Waals surface area contributed by atoms with E-state index in [1.165, 1.54) is 6.08 Å². The maximum atomic E-state index is 12.9. The molecule has 6 nitrogen and oxygen atoms in total. The molecule has 0 bridgehead atoms. The quantitative estimate of drug-likeness (QED) is 0.495. The number of anilines is 1. The van der Waals surface area contributed by atoms with Crippen molar-refractivity contribution in [2.75, 3.05) is 4.90 Å². The maximum absolute atomic E-state index is 12.9. The van der Waals surface area contributed by atoms with Crippen LogP contribution in [0.5, 0.6) is 0 Å². The Hall–Kier alpha value is -4.06. The third-order valence-corrected chi connectivity index (χ3v) is 4.05. The zero-order valence-corrected chi connectivity index (χ0v) is 15.0. The lowest BCUT2D eigenvalue weighted by Gasteiger charge is -2.26. The van der Waals surface area contributed by atoms with Crippen LogP contribution in [0.2, 0.25) is 0 Å². The number of amides is 4. The predicted octanol–water partition coefficient (Wildman–Crippen LogP) is 3.60. The highest BCUT2D eigenvalue weighted by atomic mass is 16.2. The molecular formula is C22H17N3O3. The van der Waals surface area contributed by atoms with E-state index in [4.69, 9.17) is 0 Å². The summed E-state index contributed by atoms with van der Waals surface area (Å²) in [5.41, 5.74) is 1.38. The first kappa shape index (κ1) is 18.7. The lowest BCUT2D eigenvalue weighted by Crippen LogP contribution is -2.54. The van der Waals surface area contributed by atoms with Gasteiger partial charge in [-0.25, -0.2) is 9.69 Å². The number of barbiturate groups is 1. The second-order valence-corrected chi connectivity index (χ2v) is 5.80. The van der Waals surface area contributed by atoms with E-state index in [2.05, 4.69) is 23.5 Å². The number of pyridine rings is 1. The molecule has 0 aliphatic carbocycles. The molecule has 0 atom stereocenters. The molecule has 1 aliphatic rings. The number of para-hydroxylation sites is 1. The average Bonchev–Trinajstić information content (AvgIpc) is 2.69. The van der Waals surface area contributed by atoms with Crippen LogP contribution in [0.4, 0.5) is 10.5 Å². The number of carbonyl (C=O) groups is 3. The summed E-state index contributed by atoms with van der Waals surface area (Å²) in [5, 5.41) is 2.97. The summed E-state index contributed by atoms with van der Waals surface area (Å²) >= 11 is 0. The number of aromatic nitrogens is 1. The molecule has 6 heteroatoms. The minimum absolute atomic E-state index is 0.161. The van der Waals surface area contributed by atoms with Gasteiger partial charge in [0.15, 0.2) is 0 Å². The van der Waals surface area contributed by atoms with E-state index in [1.807, 2.05) is 12.1 Å². The molecule has 2 heterocycles. The molecule has 0 unspecified atom stereocenters. The number of nitrogens with one attached hydrogen (secondary N) is 1. The number of benzene rings is 1. The van der Waals surface area contributed by atoms with Gasteiger partial charge >= 0.3 is 6.03 Å². The van der Waals surface area contributed by atoms with Gasteiger partial charge in [-0.1, -0.05) is 61.7 Å². The molecule has 0 radical (unpaired) electrons. The summed E-state index contributed by atoms with van der Waals surface area (Å²) < 4.78 is 0. The molecule has 1 aromatic carbocycles. The molecule has 0 saturated carbocycles. The Morgan fingerprint density at radius 2 is 1.89 bits per heavy atom. The van der Waals surface area contributed by atoms with Crippen molar-refractivity contribution in [1.29, 1.82) is 0 Å². The van der Waals surface area contributed by atoms with Crippen LogP contribution in [0.3, 0.4) is 0 Å². The number of imide groups is 2. The van der Waals surface area contributed by atoms with E-state index in [0.29, 0.717) is 11.2 Å². The van der Waals surface area contributed by atoms with Crippen LogP contribution < -0.4 is 10.2 Å². The van der Waals surface area contributed by atoms with Gasteiger partial charge in [0.1, 0.15) is 5.57 Å². The highest BCUT2D eigenvalue weighted by molar-refractivity contribution is 6.38. The Bertz CT molecular complexity index is 1090. The molecule has 1 saturated heterocycles. The minimum Gasteiger partial charge on any atom is -0.273 e. The van der Waals surface area contributed by atoms with Crippen LogP contribution in [0, 0.1) is 0 Å². The fourth-order valence-electron chi connectivity index (χ4n) is 2.75. The van der Waals surface area contributed by atoms with Gasteiger partial charge in [-0.15, -0.1) is 0 Å². The van der Waals surface area contributed by atoms with Crippen molar-refractivity contribution in [1.82, 2.24) is 10.3 Å². The third-order valence-electron chi connectivity index (χ3n) is 4.05. The number of rotatable bonds is 5. The van der Waals surface area contributed by atoms with Crippen LogP contribution >= 0.6 is 0 Å². The molecule has 28 heavy (non-hydrogen) atoms. The Morgan fingerprint density at radius 3 is 2.64 bits per heavy atom. The largest absolute Gasteiger partial charge is 0.336 e. The van der Waals surface area contributed by atoms with Crippen molar-refractivity contribution in [2.45, 2.75) is 0 Å². The monoisotopic (exact) mass is 371 g/mol. The summed E-state index contributed by atoms with van der Waals surface area (Å²) in [6.45, 7) is 7.28. The van der Waals surface area contributed by atoms with Crippen LogP contribution in [0.15, 0.2) is 97.3 Å². The van der Waals surface area contributed by atoms with Gasteiger partial charge in [-0.2, -0.15) is 0 Å². The molecule has 4 amide bonds. The summed E-state index contributed by atoms with van der Waals surface area (Å²) in [6, 6.07) is 7.93. The number of allylic oxidation sites excluding steroid dienone is 7. The second kappa shape index (κ2) is 8.09. The van der Waals surface area contributed by atoms with Gasteiger partial charge in [0.2, 0.25) is 0 Å². The normalized spacial score (nSPS) is 16.7. The molecule has 1 N–H and O–H groups in total. The van der Waals surface area contributed by atoms with E-state index in [-0.39, 0.29) is 5.57 Å². The fraction of sp³-hybridized carbons (Fsp3) is 0. The van der Waals surface area contributed by atoms with Gasteiger partial charge in [-0.05, 0) is 23.8 Å². The molecule has 138 valence electrons. The van der Waals surface area contributed by atoms with Crippen LogP contribution in [0.1, 0.15) is 0 Å². The van der Waals surface area contributed by atoms with E-state index in [0.717, 1.165) is 15.9 Å². The van der Waals surface area contributed by atoms with E-state index < -0.39 is 17.8 Å².